The van der Waals surface area contributed by atoms with E-state index in [0.717, 1.165) is 22.2 Å². The van der Waals surface area contributed by atoms with Crippen LogP contribution >= 0.6 is 0 Å². The molecule has 4 N–H and O–H groups in total. The van der Waals surface area contributed by atoms with E-state index < -0.39 is 17.6 Å². The maximum atomic E-state index is 10.9. The average molecular weight is 428 g/mol. The first-order valence-electron chi connectivity index (χ1n) is 10.8. The van der Waals surface area contributed by atoms with Gasteiger partial charge in [0.2, 0.25) is 0 Å². The minimum absolute atomic E-state index is 0.00257. The van der Waals surface area contributed by atoms with Crippen LogP contribution in [0.25, 0.3) is 22.2 Å². The van der Waals surface area contributed by atoms with E-state index in [2.05, 4.69) is 15.3 Å². The van der Waals surface area contributed by atoms with Crippen LogP contribution < -0.4 is 5.32 Å². The summed E-state index contributed by atoms with van der Waals surface area (Å²) in [6.07, 6.45) is 2.28. The summed E-state index contributed by atoms with van der Waals surface area (Å²) >= 11 is 0. The minimum Gasteiger partial charge on any atom is -0.396 e. The van der Waals surface area contributed by atoms with Crippen molar-refractivity contribution < 1.29 is 15.3 Å². The van der Waals surface area contributed by atoms with Gasteiger partial charge in [-0.15, -0.1) is 0 Å². The Morgan fingerprint density at radius 2 is 1.72 bits per heavy atom. The first kappa shape index (κ1) is 19.4. The lowest BCUT2D eigenvalue weighted by Crippen LogP contribution is -2.35. The second-order valence-electron chi connectivity index (χ2n) is 8.86. The van der Waals surface area contributed by atoms with Crippen LogP contribution in [0.3, 0.4) is 0 Å². The summed E-state index contributed by atoms with van der Waals surface area (Å²) in [7, 11) is 0. The highest BCUT2D eigenvalue weighted by Crippen LogP contribution is 2.67. The Hall–Kier alpha value is -3.26. The Morgan fingerprint density at radius 1 is 1.00 bits per heavy atom. The molecule has 7 nitrogen and oxygen atoms in total. The van der Waals surface area contributed by atoms with Gasteiger partial charge in [-0.3, -0.25) is 0 Å². The summed E-state index contributed by atoms with van der Waals surface area (Å²) < 4.78 is 1.97. The number of fused-ring (bicyclic) bond motifs is 2. The zero-order chi connectivity index (χ0) is 21.9. The number of aliphatic hydroxyl groups excluding tert-OH is 3. The van der Waals surface area contributed by atoms with Crippen molar-refractivity contribution in [2.75, 3.05) is 11.9 Å². The lowest BCUT2D eigenvalue weighted by Gasteiger charge is -2.24. The van der Waals surface area contributed by atoms with E-state index in [1.807, 2.05) is 71.4 Å². The van der Waals surface area contributed by atoms with Gasteiger partial charge in [-0.2, -0.15) is 0 Å². The lowest BCUT2D eigenvalue weighted by molar-refractivity contribution is -0.0300. The zero-order valence-corrected chi connectivity index (χ0v) is 17.3. The molecule has 2 fully saturated rings. The number of nitrogens with one attached hydrogen (secondary N) is 1. The van der Waals surface area contributed by atoms with E-state index in [9.17, 15) is 15.3 Å². The molecule has 2 heterocycles. The number of nitrogens with zero attached hydrogens (tertiary/aromatic N) is 3. The standard InChI is InChI=1S/C25H24N4O3/c30-13-25-11-18(25)20(21(31)22(25)32)29-12-17(15-7-3-1-4-8-15)19-23(26-14-27-24(19)29)28-16-9-5-2-6-10-16/h1-10,12,14,18,20-22,30-32H,11,13H2,(H,26,27,28)/t18-,20-,21?,22?,25+/m1/s1. The molecule has 2 unspecified atom stereocenters. The van der Waals surface area contributed by atoms with Crippen LogP contribution in [0.1, 0.15) is 12.5 Å². The lowest BCUT2D eigenvalue weighted by atomic mass is 10.0. The number of benzene rings is 2. The Bertz CT molecular complexity index is 1280. The van der Waals surface area contributed by atoms with E-state index in [1.54, 1.807) is 0 Å². The van der Waals surface area contributed by atoms with Gasteiger partial charge in [-0.1, -0.05) is 48.5 Å². The van der Waals surface area contributed by atoms with E-state index >= 15 is 0 Å². The van der Waals surface area contributed by atoms with Crippen LogP contribution in [-0.4, -0.2) is 48.7 Å². The largest absolute Gasteiger partial charge is 0.396 e. The van der Waals surface area contributed by atoms with Crippen molar-refractivity contribution in [3.63, 3.8) is 0 Å². The van der Waals surface area contributed by atoms with Gasteiger partial charge in [0.05, 0.1) is 24.1 Å². The van der Waals surface area contributed by atoms with Crippen molar-refractivity contribution >= 4 is 22.5 Å². The van der Waals surface area contributed by atoms with E-state index in [4.69, 9.17) is 0 Å². The van der Waals surface area contributed by atoms with Crippen molar-refractivity contribution in [2.45, 2.75) is 24.7 Å². The number of hydrogen-bond donors (Lipinski definition) is 4. The molecule has 0 amide bonds. The van der Waals surface area contributed by atoms with Gasteiger partial charge in [0.1, 0.15) is 23.9 Å². The maximum Gasteiger partial charge on any atom is 0.146 e. The molecule has 4 aromatic rings. The fourth-order valence-corrected chi connectivity index (χ4v) is 5.45. The molecular weight excluding hydrogens is 404 g/mol. The molecule has 6 rings (SSSR count). The molecule has 2 aliphatic carbocycles. The number of para-hydroxylation sites is 1. The van der Waals surface area contributed by atoms with Crippen LogP contribution in [0.15, 0.2) is 73.2 Å². The summed E-state index contributed by atoms with van der Waals surface area (Å²) in [5.41, 5.74) is 2.94. The SMILES string of the molecule is OC[C@@]12C[C@@H]1[C@@H](n1cc(-c3ccccc3)c3c(Nc4ccccc4)ncnc31)C(O)C2O. The number of aliphatic hydroxyl groups is 3. The summed E-state index contributed by atoms with van der Waals surface area (Å²) in [5, 5.41) is 35.7. The van der Waals surface area contributed by atoms with Gasteiger partial charge >= 0.3 is 0 Å². The molecule has 2 saturated carbocycles. The highest BCUT2D eigenvalue weighted by molar-refractivity contribution is 6.02. The third-order valence-electron chi connectivity index (χ3n) is 7.20. The number of hydrogen-bond acceptors (Lipinski definition) is 6. The summed E-state index contributed by atoms with van der Waals surface area (Å²) in [5.74, 6) is 0.674. The van der Waals surface area contributed by atoms with Gasteiger partial charge < -0.3 is 25.2 Å². The molecule has 0 radical (unpaired) electrons. The summed E-state index contributed by atoms with van der Waals surface area (Å²) in [6, 6.07) is 19.5. The minimum atomic E-state index is -0.972. The highest BCUT2D eigenvalue weighted by Gasteiger charge is 2.71. The Labute approximate surface area is 185 Å². The Balaban J connectivity index is 1.55. The van der Waals surface area contributed by atoms with Crippen LogP contribution in [0, 0.1) is 11.3 Å². The van der Waals surface area contributed by atoms with Crippen molar-refractivity contribution in [2.24, 2.45) is 11.3 Å². The normalized spacial score (nSPS) is 28.6. The Kier molecular flexibility index (Phi) is 4.33. The van der Waals surface area contributed by atoms with E-state index in [0.29, 0.717) is 17.9 Å². The third-order valence-corrected chi connectivity index (χ3v) is 7.20. The second kappa shape index (κ2) is 7.13. The number of anilines is 2. The first-order chi connectivity index (χ1) is 15.6. The van der Waals surface area contributed by atoms with Crippen LogP contribution in [-0.2, 0) is 0 Å². The third kappa shape index (κ3) is 2.72. The smallest absolute Gasteiger partial charge is 0.146 e. The summed E-state index contributed by atoms with van der Waals surface area (Å²) in [6.45, 7) is -0.132. The molecular formula is C25H24N4O3. The number of aromatic nitrogens is 3. The van der Waals surface area contributed by atoms with Crippen LogP contribution in [0.4, 0.5) is 11.5 Å². The van der Waals surface area contributed by atoms with Crippen LogP contribution in [0.2, 0.25) is 0 Å². The van der Waals surface area contributed by atoms with Gasteiger partial charge in [-0.25, -0.2) is 9.97 Å². The zero-order valence-electron chi connectivity index (χ0n) is 17.3. The van der Waals surface area contributed by atoms with Crippen molar-refractivity contribution in [1.29, 1.82) is 0 Å². The predicted molar refractivity (Wildman–Crippen MR) is 121 cm³/mol. The van der Waals surface area contributed by atoms with Crippen molar-refractivity contribution in [3.8, 4) is 11.1 Å². The molecule has 5 atom stereocenters. The summed E-state index contributed by atoms with van der Waals surface area (Å²) in [4.78, 5) is 9.13. The van der Waals surface area contributed by atoms with E-state index in [1.165, 1.54) is 6.33 Å². The van der Waals surface area contributed by atoms with Gasteiger partial charge in [0.15, 0.2) is 0 Å². The topological polar surface area (TPSA) is 103 Å². The van der Waals surface area contributed by atoms with Gasteiger partial charge in [0, 0.05) is 22.9 Å². The molecule has 0 saturated heterocycles. The van der Waals surface area contributed by atoms with Crippen LogP contribution in [0.5, 0.6) is 0 Å². The molecule has 2 aliphatic rings. The molecule has 162 valence electrons. The maximum absolute atomic E-state index is 10.9. The average Bonchev–Trinajstić information content (AvgIpc) is 3.38. The fourth-order valence-electron chi connectivity index (χ4n) is 5.45. The van der Waals surface area contributed by atoms with Crippen molar-refractivity contribution in [3.05, 3.63) is 73.2 Å². The van der Waals surface area contributed by atoms with E-state index in [-0.39, 0.29) is 18.6 Å². The fraction of sp³-hybridized carbons (Fsp3) is 0.280. The monoisotopic (exact) mass is 428 g/mol. The molecule has 0 aliphatic heterocycles. The second-order valence-corrected chi connectivity index (χ2v) is 8.86. The Morgan fingerprint density at radius 3 is 2.41 bits per heavy atom. The quantitative estimate of drug-likeness (QED) is 0.390. The molecule has 0 bridgehead atoms. The van der Waals surface area contributed by atoms with Gasteiger partial charge in [-0.05, 0) is 30.0 Å². The predicted octanol–water partition coefficient (Wildman–Crippen LogP) is 3.12. The van der Waals surface area contributed by atoms with Gasteiger partial charge in [0.25, 0.3) is 0 Å². The molecule has 0 spiro atoms. The molecule has 2 aromatic carbocycles. The van der Waals surface area contributed by atoms with Crippen molar-refractivity contribution in [1.82, 2.24) is 14.5 Å². The molecule has 32 heavy (non-hydrogen) atoms. The molecule has 2 aromatic heterocycles. The first-order valence-corrected chi connectivity index (χ1v) is 10.8. The number of rotatable bonds is 5. The molecule has 7 heteroatoms. The highest BCUT2D eigenvalue weighted by atomic mass is 16.3.